The molecule has 0 radical (unpaired) electrons. The zero-order chi connectivity index (χ0) is 13.2. The van der Waals surface area contributed by atoms with Gasteiger partial charge in [0.15, 0.2) is 0 Å². The number of amides is 1. The third kappa shape index (κ3) is 3.81. The van der Waals surface area contributed by atoms with Crippen molar-refractivity contribution in [1.29, 1.82) is 0 Å². The highest BCUT2D eigenvalue weighted by atomic mass is 32.2. The van der Waals surface area contributed by atoms with Crippen molar-refractivity contribution in [2.75, 3.05) is 6.26 Å². The van der Waals surface area contributed by atoms with Gasteiger partial charge in [0.25, 0.3) is 5.91 Å². The van der Waals surface area contributed by atoms with Crippen LogP contribution in [0.1, 0.15) is 41.5 Å². The number of rotatable bonds is 3. The molecule has 94 valence electrons. The van der Waals surface area contributed by atoms with Crippen LogP contribution >= 0.6 is 0 Å². The molecule has 0 aliphatic heterocycles. The molecule has 0 bridgehead atoms. The Morgan fingerprint density at radius 3 is 2.41 bits per heavy atom. The van der Waals surface area contributed by atoms with E-state index in [1.807, 2.05) is 24.6 Å². The van der Waals surface area contributed by atoms with Crippen molar-refractivity contribution in [2.24, 2.45) is 0 Å². The lowest BCUT2D eigenvalue weighted by Gasteiger charge is -2.09. The van der Waals surface area contributed by atoms with Gasteiger partial charge in [-0.3, -0.25) is 4.79 Å². The lowest BCUT2D eigenvalue weighted by molar-refractivity contribution is 0.0976. The van der Waals surface area contributed by atoms with Gasteiger partial charge in [0.05, 0.1) is 6.26 Å². The van der Waals surface area contributed by atoms with E-state index in [1.165, 1.54) is 0 Å². The molecular formula is C11H16N2O3S. The van der Waals surface area contributed by atoms with Gasteiger partial charge in [0, 0.05) is 5.69 Å². The second-order valence-electron chi connectivity index (χ2n) is 4.26. The van der Waals surface area contributed by atoms with Crippen molar-refractivity contribution in [3.8, 4) is 0 Å². The highest BCUT2D eigenvalue weighted by molar-refractivity contribution is 7.89. The summed E-state index contributed by atoms with van der Waals surface area (Å²) in [5, 5.41) is 0. The van der Waals surface area contributed by atoms with Gasteiger partial charge in [-0.05, 0) is 24.5 Å². The predicted molar refractivity (Wildman–Crippen MR) is 65.4 cm³/mol. The number of nitrogens with one attached hydrogen (secondary N) is 1. The van der Waals surface area contributed by atoms with Gasteiger partial charge in [0.2, 0.25) is 10.0 Å². The molecule has 0 aliphatic rings. The first-order chi connectivity index (χ1) is 7.70. The number of aryl methyl sites for hydroxylation is 1. The van der Waals surface area contributed by atoms with Crippen LogP contribution in [0.4, 0.5) is 0 Å². The molecule has 0 aromatic carbocycles. The second kappa shape index (κ2) is 4.83. The first-order valence-corrected chi connectivity index (χ1v) is 7.09. The molecule has 1 aromatic heterocycles. The summed E-state index contributed by atoms with van der Waals surface area (Å²) < 4.78 is 23.9. The van der Waals surface area contributed by atoms with Gasteiger partial charge in [-0.1, -0.05) is 19.9 Å². The van der Waals surface area contributed by atoms with E-state index in [1.54, 1.807) is 13.0 Å². The van der Waals surface area contributed by atoms with E-state index in [0.29, 0.717) is 5.56 Å². The van der Waals surface area contributed by atoms with E-state index in [0.717, 1.165) is 11.9 Å². The van der Waals surface area contributed by atoms with Gasteiger partial charge < -0.3 is 0 Å². The van der Waals surface area contributed by atoms with Crippen LogP contribution in [0.3, 0.4) is 0 Å². The third-order valence-corrected chi connectivity index (χ3v) is 2.76. The summed E-state index contributed by atoms with van der Waals surface area (Å²) in [6.45, 7) is 5.63. The molecule has 1 N–H and O–H groups in total. The van der Waals surface area contributed by atoms with E-state index in [9.17, 15) is 13.2 Å². The van der Waals surface area contributed by atoms with Gasteiger partial charge in [0.1, 0.15) is 5.69 Å². The number of sulfonamides is 1. The first kappa shape index (κ1) is 13.6. The van der Waals surface area contributed by atoms with Crippen LogP contribution in [0.15, 0.2) is 12.1 Å². The maximum Gasteiger partial charge on any atom is 0.283 e. The highest BCUT2D eigenvalue weighted by Gasteiger charge is 2.16. The van der Waals surface area contributed by atoms with E-state index in [4.69, 9.17) is 0 Å². The zero-order valence-corrected chi connectivity index (χ0v) is 11.1. The van der Waals surface area contributed by atoms with Gasteiger partial charge in [-0.15, -0.1) is 0 Å². The molecular weight excluding hydrogens is 240 g/mol. The second-order valence-corrected chi connectivity index (χ2v) is 6.01. The molecule has 0 spiro atoms. The largest absolute Gasteiger partial charge is 0.283 e. The van der Waals surface area contributed by atoms with Gasteiger partial charge in [-0.2, -0.15) is 0 Å². The van der Waals surface area contributed by atoms with Crippen LogP contribution in [-0.2, 0) is 10.0 Å². The fraction of sp³-hybridized carbons (Fsp3) is 0.455. The van der Waals surface area contributed by atoms with Crippen LogP contribution in [0.25, 0.3) is 0 Å². The fourth-order valence-corrected chi connectivity index (χ4v) is 1.75. The maximum absolute atomic E-state index is 11.7. The van der Waals surface area contributed by atoms with Crippen LogP contribution in [0.2, 0.25) is 0 Å². The molecule has 0 fully saturated rings. The number of nitrogens with zero attached hydrogens (tertiary/aromatic N) is 1. The van der Waals surface area contributed by atoms with Crippen molar-refractivity contribution in [3.05, 3.63) is 29.1 Å². The Balaban J connectivity index is 3.13. The molecule has 0 aliphatic carbocycles. The summed E-state index contributed by atoms with van der Waals surface area (Å²) in [7, 11) is -3.56. The standard InChI is InChI=1S/C11H16N2O3S/c1-7(2)9-6-5-8(3)10(12-9)11(14)13-17(4,15)16/h5-7H,1-4H3,(H,13,14). The molecule has 17 heavy (non-hydrogen) atoms. The third-order valence-electron chi connectivity index (χ3n) is 2.20. The fourth-order valence-electron chi connectivity index (χ4n) is 1.31. The van der Waals surface area contributed by atoms with Crippen LogP contribution in [0, 0.1) is 6.92 Å². The average Bonchev–Trinajstić information content (AvgIpc) is 2.14. The Morgan fingerprint density at radius 1 is 1.35 bits per heavy atom. The zero-order valence-electron chi connectivity index (χ0n) is 10.3. The molecule has 1 amide bonds. The van der Waals surface area contributed by atoms with E-state index >= 15 is 0 Å². The van der Waals surface area contributed by atoms with E-state index in [-0.39, 0.29) is 11.6 Å². The minimum Gasteiger partial charge on any atom is -0.266 e. The molecule has 1 rings (SSSR count). The van der Waals surface area contributed by atoms with Gasteiger partial charge in [-0.25, -0.2) is 18.1 Å². The van der Waals surface area contributed by atoms with Crippen molar-refractivity contribution in [2.45, 2.75) is 26.7 Å². The molecule has 0 saturated heterocycles. The van der Waals surface area contributed by atoms with Crippen molar-refractivity contribution in [3.63, 3.8) is 0 Å². The lowest BCUT2D eigenvalue weighted by Crippen LogP contribution is -2.30. The smallest absolute Gasteiger partial charge is 0.266 e. The van der Waals surface area contributed by atoms with Crippen molar-refractivity contribution >= 4 is 15.9 Å². The minimum absolute atomic E-state index is 0.154. The van der Waals surface area contributed by atoms with Crippen molar-refractivity contribution < 1.29 is 13.2 Å². The summed E-state index contributed by atoms with van der Waals surface area (Å²) in [4.78, 5) is 15.9. The molecule has 0 saturated carbocycles. The molecule has 5 nitrogen and oxygen atoms in total. The number of carbonyl (C=O) groups excluding carboxylic acids is 1. The Kier molecular flexibility index (Phi) is 3.87. The molecule has 0 atom stereocenters. The van der Waals surface area contributed by atoms with Crippen LogP contribution in [-0.4, -0.2) is 25.6 Å². The van der Waals surface area contributed by atoms with E-state index in [2.05, 4.69) is 4.98 Å². The topological polar surface area (TPSA) is 76.1 Å². The summed E-state index contributed by atoms with van der Waals surface area (Å²) in [6.07, 6.45) is 0.937. The van der Waals surface area contributed by atoms with E-state index < -0.39 is 15.9 Å². The molecule has 1 aromatic rings. The van der Waals surface area contributed by atoms with Crippen molar-refractivity contribution in [1.82, 2.24) is 9.71 Å². The number of aromatic nitrogens is 1. The highest BCUT2D eigenvalue weighted by Crippen LogP contribution is 2.14. The number of carbonyl (C=O) groups is 1. The Morgan fingerprint density at radius 2 is 1.94 bits per heavy atom. The Labute approximate surface area is 101 Å². The first-order valence-electron chi connectivity index (χ1n) is 5.20. The molecule has 1 heterocycles. The normalized spacial score (nSPS) is 11.6. The number of pyridine rings is 1. The lowest BCUT2D eigenvalue weighted by atomic mass is 10.1. The summed E-state index contributed by atoms with van der Waals surface area (Å²) >= 11 is 0. The molecule has 6 heteroatoms. The Bertz CT molecular complexity index is 536. The summed E-state index contributed by atoms with van der Waals surface area (Å²) in [5.74, 6) is -0.507. The maximum atomic E-state index is 11.7. The Hall–Kier alpha value is -1.43. The SMILES string of the molecule is Cc1ccc(C(C)C)nc1C(=O)NS(C)(=O)=O. The molecule has 0 unspecified atom stereocenters. The monoisotopic (exact) mass is 256 g/mol. The minimum atomic E-state index is -3.56. The van der Waals surface area contributed by atoms with Crippen LogP contribution in [0.5, 0.6) is 0 Å². The summed E-state index contributed by atoms with van der Waals surface area (Å²) in [5.41, 5.74) is 1.56. The van der Waals surface area contributed by atoms with Crippen LogP contribution < -0.4 is 4.72 Å². The average molecular weight is 256 g/mol. The number of hydrogen-bond donors (Lipinski definition) is 1. The predicted octanol–water partition coefficient (Wildman–Crippen LogP) is 1.20. The van der Waals surface area contributed by atoms with Gasteiger partial charge >= 0.3 is 0 Å². The summed E-state index contributed by atoms with van der Waals surface area (Å²) in [6, 6.07) is 3.59. The quantitative estimate of drug-likeness (QED) is 0.881. The number of hydrogen-bond acceptors (Lipinski definition) is 4.